The molecule has 0 fully saturated rings. The van der Waals surface area contributed by atoms with E-state index in [4.69, 9.17) is 11.6 Å². The van der Waals surface area contributed by atoms with Crippen LogP contribution in [0.1, 0.15) is 55.7 Å². The summed E-state index contributed by atoms with van der Waals surface area (Å²) in [6, 6.07) is 15.8. The molecule has 0 aliphatic heterocycles. The first kappa shape index (κ1) is 19.5. The van der Waals surface area contributed by atoms with Gasteiger partial charge in [-0.25, -0.2) is 0 Å². The maximum Gasteiger partial charge on any atom is 0.0992 e. The maximum atomic E-state index is 11.0. The summed E-state index contributed by atoms with van der Waals surface area (Å²) in [5, 5.41) is 22.1. The van der Waals surface area contributed by atoms with Gasteiger partial charge in [0.15, 0.2) is 0 Å². The smallest absolute Gasteiger partial charge is 0.0992 e. The molecule has 1 aromatic heterocycles. The molecule has 3 rings (SSSR count). The van der Waals surface area contributed by atoms with Crippen LogP contribution < -0.4 is 0 Å². The van der Waals surface area contributed by atoms with Crippen molar-refractivity contribution < 1.29 is 5.11 Å². The molecule has 1 N–H and O–H groups in total. The number of rotatable bonds is 6. The van der Waals surface area contributed by atoms with E-state index in [0.29, 0.717) is 12.1 Å². The van der Waals surface area contributed by atoms with Crippen molar-refractivity contribution in [3.63, 3.8) is 0 Å². The predicted molar refractivity (Wildman–Crippen MR) is 111 cm³/mol. The lowest BCUT2D eigenvalue weighted by molar-refractivity contribution is 0.127. The second-order valence-corrected chi connectivity index (χ2v) is 7.73. The van der Waals surface area contributed by atoms with E-state index in [1.54, 1.807) is 0 Å². The first-order valence-electron chi connectivity index (χ1n) is 9.44. The van der Waals surface area contributed by atoms with Crippen LogP contribution in [0.5, 0.6) is 0 Å². The van der Waals surface area contributed by atoms with Crippen LogP contribution >= 0.6 is 11.6 Å². The van der Waals surface area contributed by atoms with E-state index in [1.165, 1.54) is 0 Å². The Kier molecular flexibility index (Phi) is 5.89. The zero-order valence-electron chi connectivity index (χ0n) is 16.0. The fraction of sp³-hybridized carbons (Fsp3) is 0.348. The number of fused-ring (bicyclic) bond motifs is 1. The van der Waals surface area contributed by atoms with Crippen LogP contribution in [0, 0.1) is 17.2 Å². The molecule has 140 valence electrons. The van der Waals surface area contributed by atoms with Gasteiger partial charge < -0.3 is 9.67 Å². The Morgan fingerprint density at radius 3 is 2.56 bits per heavy atom. The largest absolute Gasteiger partial charge is 0.388 e. The normalized spacial score (nSPS) is 12.5. The molecule has 1 unspecified atom stereocenters. The van der Waals surface area contributed by atoms with Crippen molar-refractivity contribution in [3.05, 3.63) is 69.9 Å². The Morgan fingerprint density at radius 2 is 1.93 bits per heavy atom. The number of benzene rings is 2. The maximum absolute atomic E-state index is 11.0. The Hall–Kier alpha value is -2.28. The van der Waals surface area contributed by atoms with Gasteiger partial charge in [-0.3, -0.25) is 0 Å². The number of nitrogens with zero attached hydrogens (tertiary/aromatic N) is 2. The third kappa shape index (κ3) is 3.74. The van der Waals surface area contributed by atoms with Gasteiger partial charge in [-0.15, -0.1) is 0 Å². The molecule has 3 nitrogen and oxygen atoms in total. The van der Waals surface area contributed by atoms with Crippen molar-refractivity contribution in [2.45, 2.75) is 46.3 Å². The average Bonchev–Trinajstić information content (AvgIpc) is 2.95. The standard InChI is InChI=1S/C23H25ClN2O/c1-4-7-20-22(23(27)15(2)3)18-11-10-16(13-25)12-21(18)26(20)14-17-8-5-6-9-19(17)24/h5-6,8-12,15,23,27H,4,7,14H2,1-3H3. The minimum Gasteiger partial charge on any atom is -0.388 e. The van der Waals surface area contributed by atoms with Gasteiger partial charge in [0.25, 0.3) is 0 Å². The van der Waals surface area contributed by atoms with E-state index in [0.717, 1.165) is 45.6 Å². The molecule has 0 saturated heterocycles. The molecular weight excluding hydrogens is 356 g/mol. The van der Waals surface area contributed by atoms with Crippen LogP contribution in [0.4, 0.5) is 0 Å². The second kappa shape index (κ2) is 8.17. The van der Waals surface area contributed by atoms with Crippen molar-refractivity contribution >= 4 is 22.5 Å². The number of aliphatic hydroxyl groups excluding tert-OH is 1. The Labute approximate surface area is 165 Å². The van der Waals surface area contributed by atoms with Crippen LogP contribution in [-0.2, 0) is 13.0 Å². The molecule has 0 spiro atoms. The van der Waals surface area contributed by atoms with Gasteiger partial charge in [0, 0.05) is 28.2 Å². The third-order valence-corrected chi connectivity index (χ3v) is 5.41. The summed E-state index contributed by atoms with van der Waals surface area (Å²) in [4.78, 5) is 0. The lowest BCUT2D eigenvalue weighted by atomic mass is 9.94. The van der Waals surface area contributed by atoms with Crippen LogP contribution in [0.15, 0.2) is 42.5 Å². The highest BCUT2D eigenvalue weighted by Crippen LogP contribution is 2.36. The number of aliphatic hydroxyl groups is 1. The van der Waals surface area contributed by atoms with Gasteiger partial charge >= 0.3 is 0 Å². The van der Waals surface area contributed by atoms with Crippen LogP contribution in [0.2, 0.25) is 5.02 Å². The van der Waals surface area contributed by atoms with Gasteiger partial charge in [-0.05, 0) is 36.1 Å². The van der Waals surface area contributed by atoms with E-state index < -0.39 is 6.10 Å². The topological polar surface area (TPSA) is 48.9 Å². The van der Waals surface area contributed by atoms with Gasteiger partial charge in [0.2, 0.25) is 0 Å². The molecule has 27 heavy (non-hydrogen) atoms. The summed E-state index contributed by atoms with van der Waals surface area (Å²) >= 11 is 6.42. The molecule has 1 heterocycles. The second-order valence-electron chi connectivity index (χ2n) is 7.32. The van der Waals surface area contributed by atoms with Gasteiger partial charge in [-0.1, -0.05) is 63.1 Å². The summed E-state index contributed by atoms with van der Waals surface area (Å²) < 4.78 is 2.22. The van der Waals surface area contributed by atoms with E-state index in [9.17, 15) is 10.4 Å². The molecule has 0 saturated carbocycles. The quantitative estimate of drug-likeness (QED) is 0.582. The van der Waals surface area contributed by atoms with Crippen LogP contribution in [0.25, 0.3) is 10.9 Å². The van der Waals surface area contributed by atoms with E-state index >= 15 is 0 Å². The number of halogens is 1. The first-order chi connectivity index (χ1) is 13.0. The van der Waals surface area contributed by atoms with E-state index in [2.05, 4.69) is 17.6 Å². The molecule has 0 aliphatic carbocycles. The summed E-state index contributed by atoms with van der Waals surface area (Å²) in [6.45, 7) is 6.82. The van der Waals surface area contributed by atoms with Crippen molar-refractivity contribution in [2.24, 2.45) is 5.92 Å². The molecule has 0 radical (unpaired) electrons. The van der Waals surface area contributed by atoms with Gasteiger partial charge in [0.1, 0.15) is 0 Å². The SMILES string of the molecule is CCCc1c(C(O)C(C)C)c2ccc(C#N)cc2n1Cc1ccccc1Cl. The summed E-state index contributed by atoms with van der Waals surface area (Å²) in [5.74, 6) is 0.107. The van der Waals surface area contributed by atoms with Gasteiger partial charge in [-0.2, -0.15) is 5.26 Å². The third-order valence-electron chi connectivity index (χ3n) is 5.04. The fourth-order valence-electron chi connectivity index (χ4n) is 3.65. The minimum atomic E-state index is -0.547. The molecule has 1 atom stereocenters. The van der Waals surface area contributed by atoms with Crippen molar-refractivity contribution in [1.29, 1.82) is 5.26 Å². The Bertz CT molecular complexity index is 998. The van der Waals surface area contributed by atoms with Gasteiger partial charge in [0.05, 0.1) is 23.3 Å². The van der Waals surface area contributed by atoms with E-state index in [1.807, 2.05) is 56.3 Å². The fourth-order valence-corrected chi connectivity index (χ4v) is 3.84. The highest BCUT2D eigenvalue weighted by molar-refractivity contribution is 6.31. The predicted octanol–water partition coefficient (Wildman–Crippen LogP) is 5.86. The number of hydrogen-bond donors (Lipinski definition) is 1. The van der Waals surface area contributed by atoms with Crippen LogP contribution in [0.3, 0.4) is 0 Å². The monoisotopic (exact) mass is 380 g/mol. The van der Waals surface area contributed by atoms with E-state index in [-0.39, 0.29) is 5.92 Å². The average molecular weight is 381 g/mol. The van der Waals surface area contributed by atoms with Crippen LogP contribution in [-0.4, -0.2) is 9.67 Å². The molecule has 0 bridgehead atoms. The number of aromatic nitrogens is 1. The molecular formula is C23H25ClN2O. The molecule has 4 heteroatoms. The summed E-state index contributed by atoms with van der Waals surface area (Å²) in [7, 11) is 0. The lowest BCUT2D eigenvalue weighted by Crippen LogP contribution is -2.11. The summed E-state index contributed by atoms with van der Waals surface area (Å²) in [6.07, 6.45) is 1.29. The Balaban J connectivity index is 2.30. The Morgan fingerprint density at radius 1 is 1.19 bits per heavy atom. The minimum absolute atomic E-state index is 0.107. The molecule has 3 aromatic rings. The highest BCUT2D eigenvalue weighted by atomic mass is 35.5. The molecule has 0 aliphatic rings. The molecule has 0 amide bonds. The first-order valence-corrected chi connectivity index (χ1v) is 9.82. The van der Waals surface area contributed by atoms with Crippen molar-refractivity contribution in [2.75, 3.05) is 0 Å². The summed E-state index contributed by atoms with van der Waals surface area (Å²) in [5.41, 5.74) is 4.74. The highest BCUT2D eigenvalue weighted by Gasteiger charge is 2.24. The van der Waals surface area contributed by atoms with Crippen molar-refractivity contribution in [3.8, 4) is 6.07 Å². The number of hydrogen-bond acceptors (Lipinski definition) is 2. The zero-order valence-corrected chi connectivity index (χ0v) is 16.8. The molecule has 2 aromatic carbocycles. The number of nitriles is 1. The lowest BCUT2D eigenvalue weighted by Gasteiger charge is -2.18. The van der Waals surface area contributed by atoms with Crippen molar-refractivity contribution in [1.82, 2.24) is 4.57 Å². The zero-order chi connectivity index (χ0) is 19.6.